The van der Waals surface area contributed by atoms with E-state index in [1.807, 2.05) is 88.3 Å². The molecule has 1 aromatic rings. The number of nitrogens with zero attached hydrogens (tertiary/aromatic N) is 4. The van der Waals surface area contributed by atoms with Gasteiger partial charge in [0.25, 0.3) is 0 Å². The quantitative estimate of drug-likeness (QED) is 0.0333. The van der Waals surface area contributed by atoms with Gasteiger partial charge < -0.3 is 126 Å². The largest absolute Gasteiger partial charge is 0.459 e. The monoisotopic (exact) mass is 1850 g/mol. The van der Waals surface area contributed by atoms with Gasteiger partial charge in [0.05, 0.1) is 102 Å². The minimum absolute atomic E-state index is 0.0314. The summed E-state index contributed by atoms with van der Waals surface area (Å²) in [6.07, 6.45) is -14.7. The smallest absolute Gasteiger partial charge is 0.419 e. The number of nitrogens with one attached hydrogen (secondary N) is 2. The molecule has 7 heterocycles. The summed E-state index contributed by atoms with van der Waals surface area (Å²) in [5, 5.41) is 62.9. The first-order chi connectivity index (χ1) is 56.6. The molecule has 2 amide bonds. The summed E-state index contributed by atoms with van der Waals surface area (Å²) < 4.78 is 115. The van der Waals surface area contributed by atoms with Crippen molar-refractivity contribution in [3.8, 4) is 0 Å². The van der Waals surface area contributed by atoms with Crippen LogP contribution >= 0.6 is 22.6 Å². The van der Waals surface area contributed by atoms with Gasteiger partial charge in [0.1, 0.15) is 53.7 Å². The van der Waals surface area contributed by atoms with Gasteiger partial charge in [-0.15, -0.1) is 0 Å². The summed E-state index contributed by atoms with van der Waals surface area (Å²) in [6, 6.07) is -2.50. The number of rotatable bonds is 19. The summed E-state index contributed by atoms with van der Waals surface area (Å²) in [4.78, 5) is 103. The van der Waals surface area contributed by atoms with Crippen LogP contribution in [0, 0.1) is 35.5 Å². The van der Waals surface area contributed by atoms with E-state index in [1.54, 1.807) is 96.9 Å². The Labute approximate surface area is 731 Å². The molecule has 0 aliphatic carbocycles. The van der Waals surface area contributed by atoms with Crippen molar-refractivity contribution in [3.05, 3.63) is 18.7 Å². The molecule has 6 saturated heterocycles. The zero-order chi connectivity index (χ0) is 92.7. The van der Waals surface area contributed by atoms with Crippen LogP contribution in [0.5, 0.6) is 0 Å². The minimum atomic E-state index is -2.00. The Hall–Kier alpha value is -4.53. The summed E-state index contributed by atoms with van der Waals surface area (Å²) in [5.41, 5.74) is -8.81. The van der Waals surface area contributed by atoms with Crippen LogP contribution < -0.4 is 10.6 Å². The van der Waals surface area contributed by atoms with E-state index in [1.165, 1.54) is 79.4 Å². The molecule has 6 aliphatic rings. The van der Waals surface area contributed by atoms with Crippen LogP contribution in [0.3, 0.4) is 0 Å². The summed E-state index contributed by atoms with van der Waals surface area (Å²) >= 11 is 1.96. The van der Waals surface area contributed by atoms with Crippen LogP contribution in [0.1, 0.15) is 205 Å². The van der Waals surface area contributed by atoms with Gasteiger partial charge in [0.15, 0.2) is 43.5 Å². The number of aromatic nitrogens is 2. The highest BCUT2D eigenvalue weighted by molar-refractivity contribution is 14.1. The first-order valence-corrected chi connectivity index (χ1v) is 43.8. The van der Waals surface area contributed by atoms with E-state index in [9.17, 15) is 59.1 Å². The second kappa shape index (κ2) is 45.4. The Morgan fingerprint density at radius 2 is 0.893 bits per heavy atom. The summed E-state index contributed by atoms with van der Waals surface area (Å²) in [5.74, 6) is -8.66. The number of aliphatic hydroxyl groups is 5. The number of likely N-dealkylation sites (N-methyl/N-ethyl adjacent to an activating group) is 2. The van der Waals surface area contributed by atoms with Gasteiger partial charge in [-0.25, -0.2) is 14.3 Å². The molecule has 1 aromatic heterocycles. The molecule has 36 atom stereocenters. The summed E-state index contributed by atoms with van der Waals surface area (Å²) in [7, 11) is 13.5. The van der Waals surface area contributed by atoms with E-state index in [0.29, 0.717) is 17.7 Å². The first kappa shape index (κ1) is 105. The fourth-order valence-electron chi connectivity index (χ4n) is 18.2. The maximum Gasteiger partial charge on any atom is 0.419 e. The minimum Gasteiger partial charge on any atom is -0.459 e. The van der Waals surface area contributed by atoms with Crippen molar-refractivity contribution < 1.29 is 141 Å². The first-order valence-electron chi connectivity index (χ1n) is 43.0. The summed E-state index contributed by atoms with van der Waals surface area (Å²) in [6.45, 7) is 36.6. The molecule has 0 unspecified atom stereocenters. The molecule has 0 saturated carbocycles. The Bertz CT molecular complexity index is 3470. The van der Waals surface area contributed by atoms with Gasteiger partial charge in [-0.3, -0.25) is 28.8 Å². The molecular weight excluding hydrogens is 1700 g/mol. The van der Waals surface area contributed by atoms with E-state index in [4.69, 9.17) is 81.9 Å². The number of carbonyl (C=O) groups excluding carboxylic acids is 7. The lowest BCUT2D eigenvalue weighted by Crippen LogP contribution is -2.61. The number of halogens is 1. The van der Waals surface area contributed by atoms with Crippen LogP contribution in [0.25, 0.3) is 0 Å². The van der Waals surface area contributed by atoms with Crippen LogP contribution in [0.4, 0.5) is 4.79 Å². The Kier molecular flexibility index (Phi) is 39.5. The third kappa shape index (κ3) is 26.1. The molecule has 35 nitrogen and oxygen atoms in total. The normalized spacial score (nSPS) is 43.6. The molecule has 36 heteroatoms. The molecule has 7 rings (SSSR count). The number of imidazole rings is 1. The number of amides is 2. The van der Waals surface area contributed by atoms with Crippen molar-refractivity contribution in [2.24, 2.45) is 35.5 Å². The lowest BCUT2D eigenvalue weighted by atomic mass is 9.77. The molecule has 0 aromatic carbocycles. The average Bonchev–Trinajstić information content (AvgIpc) is 1.22. The predicted molar refractivity (Wildman–Crippen MR) is 450 cm³/mol. The van der Waals surface area contributed by atoms with Gasteiger partial charge in [-0.2, -0.15) is 0 Å². The SMILES string of the molecule is CC[C@H]1OC(=O)[C@H](C)[C@@H](O[C@H]2C[C@@](C)(OC)[C@@H](O)[C@H](C)O2)[C@H](C)[C@@H](O[C@@H]2O[C@H](C)C[C@H](N(C)C)[C@H]2OC(C)=O)[C@](C)(OC)C[C@@H](C)C(=O)N[C@H](C)[C@@H](O)[C@]1(C)O.CC[C@H]1OC(=O)[C@H](C)[C@@H](O[C@H]2C[C@@](C)(OC)[C@@H](OC(=O)n3ccnc3)[C@H](C)O2)[C@H](C)[C@@H](O[C@@H]2O[C@H](C)C[C@H](N(C)C)[C@H]2OC(C)=O)[C@](C)(OC)C[C@@H](C)C(=O)N[C@H](C)[C@@H](O)[C@]1(C)O.[2H]CI. The zero-order valence-corrected chi connectivity index (χ0v) is 79.3. The van der Waals surface area contributed by atoms with Gasteiger partial charge in [0.2, 0.25) is 11.8 Å². The molecule has 700 valence electrons. The standard InChI is InChI=1S/C44H74N4O15.C40H72N2O14.CH3I/c1-16-31-44(11,54)35(50)27(6)46-38(51)23(2)20-42(9,55-14)36(62-40-34(59-29(8)49)30(47(12)13)19-24(3)57-40)25(4)33(26(5)39(52)60-31)61-32-21-43(10,56-15)37(28(7)58-32)63-41(53)48-18-17-45-22-48;1-16-28-40(11,48)32(44)24(6)41-35(46)20(2)18-39(10,50-15)34(56-37-31(53-26(8)43)27(42(12)13)17-21(3)51-37)22(4)30(23(5)36(47)54-28)55-29-19-38(9,49-14)33(45)25(7)52-29;1-2/h17-18,22-28,30-37,40,50,54H,16,19-21H2,1-15H3,(H,46,51);20-25,27-34,37,44-45,48H,16-19H2,1-15H3,(H,41,46);1H3/t23-,24-,25+,26-,27-,28+,30+,31-,32+,33+,34-,35-,36-,37+,40+,42-,43-,44-;20-,21-,22+,23-,24-,25+,27+,28-,29+,30+,31-,32-,33+,34-,37+,38-,39-,40-;/m11./s1/i;;1D. The van der Waals surface area contributed by atoms with E-state index < -0.39 is 234 Å². The lowest BCUT2D eigenvalue weighted by molar-refractivity contribution is -0.320. The van der Waals surface area contributed by atoms with Crippen LogP contribution in [0.2, 0.25) is 0 Å². The Balaban J connectivity index is 0.000000423. The van der Waals surface area contributed by atoms with Crippen molar-refractivity contribution in [2.45, 2.75) is 384 Å². The highest BCUT2D eigenvalue weighted by atomic mass is 127. The van der Waals surface area contributed by atoms with E-state index >= 15 is 0 Å². The topological polar surface area (TPSA) is 426 Å². The third-order valence-electron chi connectivity index (χ3n) is 25.8. The molecule has 0 radical (unpaired) electrons. The molecular formula is C85H149IN6O29. The second-order valence-electron chi connectivity index (χ2n) is 36.0. The van der Waals surface area contributed by atoms with Crippen molar-refractivity contribution >= 4 is 64.4 Å². The highest BCUT2D eigenvalue weighted by Gasteiger charge is 2.58. The number of hydrogen-bond acceptors (Lipinski definition) is 32. The third-order valence-corrected chi connectivity index (χ3v) is 25.8. The molecule has 0 bridgehead atoms. The lowest BCUT2D eigenvalue weighted by Gasteiger charge is -2.50. The maximum atomic E-state index is 14.5. The number of esters is 4. The van der Waals surface area contributed by atoms with Crippen LogP contribution in [0.15, 0.2) is 18.7 Å². The van der Waals surface area contributed by atoms with E-state index in [0.717, 1.165) is 0 Å². The predicted octanol–water partition coefficient (Wildman–Crippen LogP) is 6.56. The molecule has 7 N–H and O–H groups in total. The van der Waals surface area contributed by atoms with Crippen molar-refractivity contribution in [2.75, 3.05) is 61.5 Å². The van der Waals surface area contributed by atoms with Crippen molar-refractivity contribution in [3.63, 3.8) is 0 Å². The molecule has 0 spiro atoms. The fourth-order valence-corrected chi connectivity index (χ4v) is 18.2. The van der Waals surface area contributed by atoms with Gasteiger partial charge in [0, 0.05) is 92.6 Å². The van der Waals surface area contributed by atoms with Gasteiger partial charge in [-0.05, 0) is 169 Å². The molecule has 6 aliphatic heterocycles. The van der Waals surface area contributed by atoms with Crippen molar-refractivity contribution in [1.82, 2.24) is 30.0 Å². The number of hydrogen-bond donors (Lipinski definition) is 7. The Morgan fingerprint density at radius 3 is 1.22 bits per heavy atom. The number of carbonyl (C=O) groups is 7. The molecule has 6 fully saturated rings. The fraction of sp³-hybridized carbons (Fsp3) is 0.882. The number of aliphatic hydroxyl groups excluding tert-OH is 3. The Morgan fingerprint density at radius 1 is 0.537 bits per heavy atom. The number of methoxy groups -OCH3 is 4. The number of cyclic esters (lactones) is 2. The van der Waals surface area contributed by atoms with E-state index in [2.05, 4.69) is 15.6 Å². The number of alkyl halides is 1. The van der Waals surface area contributed by atoms with Crippen LogP contribution in [-0.2, 0) is 109 Å². The second-order valence-corrected chi connectivity index (χ2v) is 36.0. The molecule has 121 heavy (non-hydrogen) atoms. The zero-order valence-electron chi connectivity index (χ0n) is 78.1. The average molecular weight is 1850 g/mol. The van der Waals surface area contributed by atoms with Gasteiger partial charge in [-0.1, -0.05) is 64.1 Å². The van der Waals surface area contributed by atoms with Gasteiger partial charge >= 0.3 is 30.0 Å². The van der Waals surface area contributed by atoms with E-state index in [-0.39, 0.29) is 62.8 Å². The maximum absolute atomic E-state index is 14.5. The van der Waals surface area contributed by atoms with Crippen molar-refractivity contribution in [1.29, 1.82) is 0 Å². The highest BCUT2D eigenvalue weighted by Crippen LogP contribution is 2.46. The number of ether oxygens (including phenoxy) is 17. The van der Waals surface area contributed by atoms with Crippen LogP contribution in [-0.4, -0.2) is 329 Å².